The summed E-state index contributed by atoms with van der Waals surface area (Å²) < 4.78 is 0. The molecule has 0 unspecified atom stereocenters. The summed E-state index contributed by atoms with van der Waals surface area (Å²) in [6, 6.07) is 14.1. The first-order valence-corrected chi connectivity index (χ1v) is 11.9. The summed E-state index contributed by atoms with van der Waals surface area (Å²) in [5.41, 5.74) is 5.82. The number of amides is 2. The fraction of sp³-hybridized carbons (Fsp3) is 0.481. The number of nitrogens with one attached hydrogen (secondary N) is 1. The van der Waals surface area contributed by atoms with Crippen LogP contribution in [0.2, 0.25) is 0 Å². The molecule has 5 nitrogen and oxygen atoms in total. The van der Waals surface area contributed by atoms with Crippen LogP contribution < -0.4 is 5.32 Å². The van der Waals surface area contributed by atoms with Crippen molar-refractivity contribution in [3.05, 3.63) is 70.3 Å². The van der Waals surface area contributed by atoms with Crippen molar-refractivity contribution in [2.24, 2.45) is 0 Å². The van der Waals surface area contributed by atoms with Crippen LogP contribution in [0.5, 0.6) is 0 Å². The molecule has 0 spiro atoms. The second-order valence-electron chi connectivity index (χ2n) is 9.36. The van der Waals surface area contributed by atoms with Gasteiger partial charge in [-0.05, 0) is 68.7 Å². The maximum Gasteiger partial charge on any atom is 0.244 e. The van der Waals surface area contributed by atoms with Crippen molar-refractivity contribution in [3.8, 4) is 0 Å². The van der Waals surface area contributed by atoms with Gasteiger partial charge in [-0.3, -0.25) is 14.5 Å². The van der Waals surface area contributed by atoms with Crippen LogP contribution in [0.4, 0.5) is 0 Å². The predicted octanol–water partition coefficient (Wildman–Crippen LogP) is 4.09. The van der Waals surface area contributed by atoms with Gasteiger partial charge in [-0.15, -0.1) is 0 Å². The van der Waals surface area contributed by atoms with E-state index < -0.39 is 0 Å². The van der Waals surface area contributed by atoms with E-state index in [4.69, 9.17) is 0 Å². The summed E-state index contributed by atoms with van der Waals surface area (Å²) in [5, 5.41) is 3.16. The Bertz CT molecular complexity index is 981. The molecule has 170 valence electrons. The zero-order valence-electron chi connectivity index (χ0n) is 19.6. The summed E-state index contributed by atoms with van der Waals surface area (Å²) in [5.74, 6) is 0.111. The number of hydrogen-bond donors (Lipinski definition) is 1. The van der Waals surface area contributed by atoms with E-state index in [0.717, 1.165) is 43.5 Å². The third kappa shape index (κ3) is 4.88. The van der Waals surface area contributed by atoms with Crippen LogP contribution in [-0.2, 0) is 16.0 Å². The molecule has 2 amide bonds. The normalized spacial score (nSPS) is 19.8. The predicted molar refractivity (Wildman–Crippen MR) is 127 cm³/mol. The highest BCUT2D eigenvalue weighted by molar-refractivity contribution is 5.86. The van der Waals surface area contributed by atoms with Crippen molar-refractivity contribution in [3.63, 3.8) is 0 Å². The molecule has 0 saturated carbocycles. The van der Waals surface area contributed by atoms with Gasteiger partial charge in [0.25, 0.3) is 0 Å². The summed E-state index contributed by atoms with van der Waals surface area (Å²) in [4.78, 5) is 30.7. The fourth-order valence-corrected chi connectivity index (χ4v) is 5.23. The zero-order valence-corrected chi connectivity index (χ0v) is 19.6. The molecule has 0 radical (unpaired) electrons. The number of hydrogen-bond acceptors (Lipinski definition) is 3. The topological polar surface area (TPSA) is 52.7 Å². The van der Waals surface area contributed by atoms with Crippen molar-refractivity contribution in [1.29, 1.82) is 0 Å². The van der Waals surface area contributed by atoms with Crippen molar-refractivity contribution in [2.45, 2.75) is 58.5 Å². The average molecular weight is 434 g/mol. The second-order valence-corrected chi connectivity index (χ2v) is 9.36. The summed E-state index contributed by atoms with van der Waals surface area (Å²) in [6.07, 6.45) is 4.18. The van der Waals surface area contributed by atoms with Gasteiger partial charge in [0.05, 0.1) is 12.6 Å². The highest BCUT2D eigenvalue weighted by atomic mass is 16.2. The highest BCUT2D eigenvalue weighted by Gasteiger charge is 2.36. The van der Waals surface area contributed by atoms with Crippen LogP contribution in [0, 0.1) is 13.8 Å². The van der Waals surface area contributed by atoms with Crippen molar-refractivity contribution in [1.82, 2.24) is 15.1 Å². The second kappa shape index (κ2) is 9.86. The molecule has 2 aromatic carbocycles. The standard InChI is InChI=1S/C27H35N3O2/c1-19-11-12-23(20(2)17-19)21(3)28-25(31)18-30-16-13-22-9-5-6-10-24(22)26(30)27(32)29-14-7-4-8-15-29/h5-6,9-12,17,21,26H,4,7-8,13-16,18H2,1-3H3,(H,28,31)/t21-,26-/m1/s1. The lowest BCUT2D eigenvalue weighted by atomic mass is 9.91. The van der Waals surface area contributed by atoms with Crippen LogP contribution in [-0.4, -0.2) is 47.8 Å². The third-order valence-corrected chi connectivity index (χ3v) is 6.90. The minimum atomic E-state index is -0.375. The molecule has 0 bridgehead atoms. The lowest BCUT2D eigenvalue weighted by Crippen LogP contribution is -2.50. The Balaban J connectivity index is 1.50. The Morgan fingerprint density at radius 1 is 1.03 bits per heavy atom. The molecule has 0 aromatic heterocycles. The van der Waals surface area contributed by atoms with Crippen molar-refractivity contribution < 1.29 is 9.59 Å². The number of aryl methyl sites for hydroxylation is 2. The number of likely N-dealkylation sites (tertiary alicyclic amines) is 1. The van der Waals surface area contributed by atoms with Gasteiger partial charge in [-0.25, -0.2) is 0 Å². The number of benzene rings is 2. The Morgan fingerprint density at radius 3 is 2.53 bits per heavy atom. The zero-order chi connectivity index (χ0) is 22.7. The van der Waals surface area contributed by atoms with Gasteiger partial charge < -0.3 is 10.2 Å². The number of rotatable bonds is 5. The molecule has 1 fully saturated rings. The lowest BCUT2D eigenvalue weighted by molar-refractivity contribution is -0.139. The molecule has 2 aliphatic heterocycles. The first-order chi connectivity index (χ1) is 15.4. The van der Waals surface area contributed by atoms with E-state index in [2.05, 4.69) is 54.4 Å². The lowest BCUT2D eigenvalue weighted by Gasteiger charge is -2.39. The molecule has 0 aliphatic carbocycles. The van der Waals surface area contributed by atoms with Gasteiger partial charge in [-0.2, -0.15) is 0 Å². The van der Waals surface area contributed by atoms with E-state index in [-0.39, 0.29) is 30.4 Å². The smallest absolute Gasteiger partial charge is 0.244 e. The Kier molecular flexibility index (Phi) is 6.95. The summed E-state index contributed by atoms with van der Waals surface area (Å²) in [6.45, 7) is 8.77. The van der Waals surface area contributed by atoms with Crippen LogP contribution in [0.25, 0.3) is 0 Å². The average Bonchev–Trinajstić information content (AvgIpc) is 2.79. The van der Waals surface area contributed by atoms with Crippen molar-refractivity contribution in [2.75, 3.05) is 26.2 Å². The van der Waals surface area contributed by atoms with Gasteiger partial charge in [-0.1, -0.05) is 48.0 Å². The molecule has 2 heterocycles. The first kappa shape index (κ1) is 22.5. The number of nitrogens with zero attached hydrogens (tertiary/aromatic N) is 2. The largest absolute Gasteiger partial charge is 0.348 e. The quantitative estimate of drug-likeness (QED) is 0.773. The molecule has 2 atom stereocenters. The number of carbonyl (C=O) groups excluding carboxylic acids is 2. The van der Waals surface area contributed by atoms with Crippen molar-refractivity contribution >= 4 is 11.8 Å². The van der Waals surface area contributed by atoms with E-state index in [0.29, 0.717) is 6.54 Å². The molecule has 2 aliphatic rings. The minimum absolute atomic E-state index is 0.0340. The highest BCUT2D eigenvalue weighted by Crippen LogP contribution is 2.32. The van der Waals surface area contributed by atoms with Gasteiger partial charge >= 0.3 is 0 Å². The molecular weight excluding hydrogens is 398 g/mol. The number of carbonyl (C=O) groups is 2. The maximum absolute atomic E-state index is 13.6. The van der Waals surface area contributed by atoms with E-state index in [1.807, 2.05) is 24.0 Å². The third-order valence-electron chi connectivity index (χ3n) is 6.90. The maximum atomic E-state index is 13.6. The molecule has 4 rings (SSSR count). The van der Waals surface area contributed by atoms with E-state index in [1.165, 1.54) is 23.1 Å². The molecule has 2 aromatic rings. The van der Waals surface area contributed by atoms with Crippen LogP contribution in [0.1, 0.15) is 66.1 Å². The monoisotopic (exact) mass is 433 g/mol. The number of fused-ring (bicyclic) bond motifs is 1. The summed E-state index contributed by atoms with van der Waals surface area (Å²) >= 11 is 0. The van der Waals surface area contributed by atoms with Crippen LogP contribution in [0.15, 0.2) is 42.5 Å². The van der Waals surface area contributed by atoms with Gasteiger partial charge in [0.15, 0.2) is 0 Å². The Hall–Kier alpha value is -2.66. The SMILES string of the molecule is Cc1ccc([C@@H](C)NC(=O)CN2CCc3ccccc3[C@@H]2C(=O)N2CCCCC2)c(C)c1. The molecular formula is C27H35N3O2. The molecule has 1 saturated heterocycles. The number of piperidine rings is 1. The van der Waals surface area contributed by atoms with E-state index in [1.54, 1.807) is 0 Å². The summed E-state index contributed by atoms with van der Waals surface area (Å²) in [7, 11) is 0. The first-order valence-electron chi connectivity index (χ1n) is 11.9. The Morgan fingerprint density at radius 2 is 1.78 bits per heavy atom. The Labute approximate surface area is 191 Å². The van der Waals surface area contributed by atoms with Gasteiger partial charge in [0, 0.05) is 19.6 Å². The van der Waals surface area contributed by atoms with Gasteiger partial charge in [0.1, 0.15) is 6.04 Å². The van der Waals surface area contributed by atoms with Crippen LogP contribution in [0.3, 0.4) is 0 Å². The minimum Gasteiger partial charge on any atom is -0.348 e. The van der Waals surface area contributed by atoms with E-state index >= 15 is 0 Å². The molecule has 5 heteroatoms. The fourth-order valence-electron chi connectivity index (χ4n) is 5.23. The van der Waals surface area contributed by atoms with E-state index in [9.17, 15) is 9.59 Å². The van der Waals surface area contributed by atoms with Crippen LogP contribution >= 0.6 is 0 Å². The molecule has 1 N–H and O–H groups in total. The molecule has 32 heavy (non-hydrogen) atoms. The van der Waals surface area contributed by atoms with Gasteiger partial charge in [0.2, 0.25) is 11.8 Å².